The van der Waals surface area contributed by atoms with Crippen molar-refractivity contribution in [1.82, 2.24) is 4.90 Å². The van der Waals surface area contributed by atoms with E-state index in [1.165, 1.54) is 32.4 Å². The molecular weight excluding hydrogens is 182 g/mol. The van der Waals surface area contributed by atoms with E-state index in [9.17, 15) is 0 Å². The fourth-order valence-electron chi connectivity index (χ4n) is 3.38. The lowest BCUT2D eigenvalue weighted by Crippen LogP contribution is -2.39. The van der Waals surface area contributed by atoms with E-state index in [-0.39, 0.29) is 0 Å². The number of piperidine rings is 1. The third-order valence-electron chi connectivity index (χ3n) is 4.18. The number of fused-ring (bicyclic) bond motifs is 3. The monoisotopic (exact) mass is 201 g/mol. The van der Waals surface area contributed by atoms with Gasteiger partial charge in [-0.05, 0) is 55.8 Å². The standard InChI is InChI=1S/C14H19N/c1-15-9-8-14-12(10-15)7-6-11-4-2-3-5-13(11)14/h2-5,12,14H,6-10H2,1H3/t12-,14-/m1/s1. The van der Waals surface area contributed by atoms with Gasteiger partial charge in [-0.2, -0.15) is 0 Å². The fourth-order valence-corrected chi connectivity index (χ4v) is 3.38. The molecule has 0 amide bonds. The van der Waals surface area contributed by atoms with Crippen LogP contribution in [-0.4, -0.2) is 25.0 Å². The van der Waals surface area contributed by atoms with Crippen LogP contribution in [0, 0.1) is 5.92 Å². The van der Waals surface area contributed by atoms with Crippen molar-refractivity contribution < 1.29 is 0 Å². The molecule has 0 aromatic heterocycles. The van der Waals surface area contributed by atoms with Crippen molar-refractivity contribution in [3.63, 3.8) is 0 Å². The first kappa shape index (κ1) is 9.41. The molecule has 0 unspecified atom stereocenters. The Kier molecular flexibility index (Phi) is 2.28. The molecule has 1 nitrogen and oxygen atoms in total. The van der Waals surface area contributed by atoms with Gasteiger partial charge in [0.25, 0.3) is 0 Å². The highest BCUT2D eigenvalue weighted by molar-refractivity contribution is 5.33. The number of hydrogen-bond acceptors (Lipinski definition) is 1. The molecule has 15 heavy (non-hydrogen) atoms. The smallest absolute Gasteiger partial charge is 0.00126 e. The summed E-state index contributed by atoms with van der Waals surface area (Å²) >= 11 is 0. The second kappa shape index (κ2) is 3.64. The van der Waals surface area contributed by atoms with Gasteiger partial charge in [0.05, 0.1) is 0 Å². The van der Waals surface area contributed by atoms with Crippen LogP contribution < -0.4 is 0 Å². The number of rotatable bonds is 0. The molecule has 1 aromatic rings. The van der Waals surface area contributed by atoms with E-state index in [1.54, 1.807) is 11.1 Å². The van der Waals surface area contributed by atoms with Gasteiger partial charge in [-0.3, -0.25) is 0 Å². The van der Waals surface area contributed by atoms with E-state index < -0.39 is 0 Å². The second-order valence-electron chi connectivity index (χ2n) is 5.15. The Balaban J connectivity index is 1.93. The van der Waals surface area contributed by atoms with E-state index in [0.717, 1.165) is 11.8 Å². The van der Waals surface area contributed by atoms with Crippen molar-refractivity contribution in [1.29, 1.82) is 0 Å². The molecule has 3 rings (SSSR count). The summed E-state index contributed by atoms with van der Waals surface area (Å²) < 4.78 is 0. The van der Waals surface area contributed by atoms with Crippen LogP contribution in [0.25, 0.3) is 0 Å². The van der Waals surface area contributed by atoms with E-state index in [4.69, 9.17) is 0 Å². The molecular formula is C14H19N. The Bertz CT molecular complexity index is 358. The van der Waals surface area contributed by atoms with Crippen LogP contribution in [0.5, 0.6) is 0 Å². The maximum absolute atomic E-state index is 2.50. The molecule has 80 valence electrons. The van der Waals surface area contributed by atoms with Gasteiger partial charge in [0.1, 0.15) is 0 Å². The Labute approximate surface area is 92.1 Å². The first-order valence-electron chi connectivity index (χ1n) is 6.11. The van der Waals surface area contributed by atoms with Gasteiger partial charge >= 0.3 is 0 Å². The topological polar surface area (TPSA) is 3.24 Å². The van der Waals surface area contributed by atoms with E-state index >= 15 is 0 Å². The molecule has 1 heteroatoms. The summed E-state index contributed by atoms with van der Waals surface area (Å²) in [6.07, 6.45) is 4.05. The Morgan fingerprint density at radius 1 is 1.20 bits per heavy atom. The minimum Gasteiger partial charge on any atom is -0.306 e. The van der Waals surface area contributed by atoms with Gasteiger partial charge in [-0.1, -0.05) is 24.3 Å². The lowest BCUT2D eigenvalue weighted by molar-refractivity contribution is 0.169. The first-order valence-corrected chi connectivity index (χ1v) is 6.11. The molecule has 0 radical (unpaired) electrons. The SMILES string of the molecule is CN1CC[C@H]2c3ccccc3CC[C@@H]2C1. The highest BCUT2D eigenvalue weighted by atomic mass is 15.1. The summed E-state index contributed by atoms with van der Waals surface area (Å²) in [4.78, 5) is 2.50. The van der Waals surface area contributed by atoms with Crippen molar-refractivity contribution in [2.75, 3.05) is 20.1 Å². The van der Waals surface area contributed by atoms with Crippen molar-refractivity contribution >= 4 is 0 Å². The molecule has 1 aliphatic heterocycles. The zero-order valence-electron chi connectivity index (χ0n) is 9.45. The molecule has 2 atom stereocenters. The number of benzene rings is 1. The average Bonchev–Trinajstić information content (AvgIpc) is 2.28. The number of aryl methyl sites for hydroxylation is 1. The Hall–Kier alpha value is -0.820. The Morgan fingerprint density at radius 2 is 2.07 bits per heavy atom. The van der Waals surface area contributed by atoms with E-state index in [1.807, 2.05) is 0 Å². The normalized spacial score (nSPS) is 30.7. The summed E-state index contributed by atoms with van der Waals surface area (Å²) in [7, 11) is 2.26. The predicted molar refractivity (Wildman–Crippen MR) is 63.1 cm³/mol. The fraction of sp³-hybridized carbons (Fsp3) is 0.571. The Morgan fingerprint density at radius 3 is 3.00 bits per heavy atom. The van der Waals surface area contributed by atoms with Gasteiger partial charge < -0.3 is 4.90 Å². The van der Waals surface area contributed by atoms with Gasteiger partial charge in [0, 0.05) is 6.54 Å². The molecule has 1 aromatic carbocycles. The van der Waals surface area contributed by atoms with Gasteiger partial charge in [-0.15, -0.1) is 0 Å². The summed E-state index contributed by atoms with van der Waals surface area (Å²) in [6, 6.07) is 9.08. The van der Waals surface area contributed by atoms with E-state index in [0.29, 0.717) is 0 Å². The van der Waals surface area contributed by atoms with Crippen LogP contribution in [0.3, 0.4) is 0 Å². The summed E-state index contributed by atoms with van der Waals surface area (Å²) in [5, 5.41) is 0. The van der Waals surface area contributed by atoms with Crippen LogP contribution in [0.2, 0.25) is 0 Å². The highest BCUT2D eigenvalue weighted by Crippen LogP contribution is 2.40. The molecule has 1 saturated heterocycles. The molecule has 1 aliphatic carbocycles. The van der Waals surface area contributed by atoms with Gasteiger partial charge in [0.15, 0.2) is 0 Å². The summed E-state index contributed by atoms with van der Waals surface area (Å²) in [5.41, 5.74) is 3.27. The lowest BCUT2D eigenvalue weighted by Gasteiger charge is -2.41. The van der Waals surface area contributed by atoms with Crippen LogP contribution >= 0.6 is 0 Å². The minimum absolute atomic E-state index is 0.853. The minimum atomic E-state index is 0.853. The molecule has 1 heterocycles. The zero-order chi connectivity index (χ0) is 10.3. The van der Waals surface area contributed by atoms with Crippen LogP contribution in [0.1, 0.15) is 29.9 Å². The largest absolute Gasteiger partial charge is 0.306 e. The van der Waals surface area contributed by atoms with Gasteiger partial charge in [0.2, 0.25) is 0 Å². The number of likely N-dealkylation sites (tertiary alicyclic amines) is 1. The summed E-state index contributed by atoms with van der Waals surface area (Å²) in [5.74, 6) is 1.77. The maximum atomic E-state index is 2.50. The molecule has 1 fully saturated rings. The third kappa shape index (κ3) is 1.59. The van der Waals surface area contributed by atoms with E-state index in [2.05, 4.69) is 36.2 Å². The molecule has 0 spiro atoms. The van der Waals surface area contributed by atoms with Gasteiger partial charge in [-0.25, -0.2) is 0 Å². The zero-order valence-corrected chi connectivity index (χ0v) is 9.45. The van der Waals surface area contributed by atoms with Crippen molar-refractivity contribution in [3.05, 3.63) is 35.4 Å². The molecule has 2 aliphatic rings. The van der Waals surface area contributed by atoms with Crippen molar-refractivity contribution in [2.24, 2.45) is 5.92 Å². The highest BCUT2D eigenvalue weighted by Gasteiger charge is 2.32. The van der Waals surface area contributed by atoms with Crippen LogP contribution in [0.4, 0.5) is 0 Å². The average molecular weight is 201 g/mol. The van der Waals surface area contributed by atoms with Crippen molar-refractivity contribution in [2.45, 2.75) is 25.2 Å². The molecule has 0 saturated carbocycles. The maximum Gasteiger partial charge on any atom is 0.00126 e. The second-order valence-corrected chi connectivity index (χ2v) is 5.15. The molecule has 0 bridgehead atoms. The molecule has 0 N–H and O–H groups in total. The quantitative estimate of drug-likeness (QED) is 0.624. The number of hydrogen-bond donors (Lipinski definition) is 0. The van der Waals surface area contributed by atoms with Crippen LogP contribution in [-0.2, 0) is 6.42 Å². The predicted octanol–water partition coefficient (Wildman–Crippen LogP) is 2.67. The lowest BCUT2D eigenvalue weighted by atomic mass is 9.72. The number of nitrogens with zero attached hydrogens (tertiary/aromatic N) is 1. The third-order valence-corrected chi connectivity index (χ3v) is 4.18. The van der Waals surface area contributed by atoms with Crippen LogP contribution in [0.15, 0.2) is 24.3 Å². The first-order chi connectivity index (χ1) is 7.34. The van der Waals surface area contributed by atoms with Crippen molar-refractivity contribution in [3.8, 4) is 0 Å². The summed E-state index contributed by atoms with van der Waals surface area (Å²) in [6.45, 7) is 2.58.